The van der Waals surface area contributed by atoms with E-state index in [-0.39, 0.29) is 11.8 Å². The number of aromatic nitrogens is 2. The number of nitrogens with one attached hydrogen (secondary N) is 1. The molecule has 0 radical (unpaired) electrons. The number of allylic oxidation sites excluding steroid dienone is 1. The van der Waals surface area contributed by atoms with Gasteiger partial charge >= 0.3 is 0 Å². The molecule has 0 fully saturated rings. The van der Waals surface area contributed by atoms with E-state index < -0.39 is 0 Å². The Morgan fingerprint density at radius 1 is 1.16 bits per heavy atom. The van der Waals surface area contributed by atoms with Crippen molar-refractivity contribution in [1.82, 2.24) is 10.2 Å². The van der Waals surface area contributed by atoms with Gasteiger partial charge in [0.25, 0.3) is 0 Å². The molecule has 2 heterocycles. The number of aromatic amines is 1. The standard InChI is InChI=1S/C19H13BrN4O/c20-13-8-4-7-12(9-13)15-14(10-21)18(22)25-19-16(15)17(23-24-19)11-5-2-1-3-6-11/h1-9,15H,22H2,(H,23,24)/t15-/m1/s1. The number of nitriles is 1. The van der Waals surface area contributed by atoms with E-state index in [4.69, 9.17) is 10.5 Å². The molecule has 0 amide bonds. The first-order chi connectivity index (χ1) is 12.2. The summed E-state index contributed by atoms with van der Waals surface area (Å²) in [5, 5.41) is 17.0. The first-order valence-corrected chi connectivity index (χ1v) is 8.45. The minimum Gasteiger partial charge on any atom is -0.420 e. The lowest BCUT2D eigenvalue weighted by Crippen LogP contribution is -2.21. The first-order valence-electron chi connectivity index (χ1n) is 7.65. The maximum absolute atomic E-state index is 9.68. The molecule has 1 aliphatic rings. The largest absolute Gasteiger partial charge is 0.420 e. The SMILES string of the molecule is N#CC1=C(N)Oc2n[nH]c(-c3ccccc3)c2[C@@H]1c1cccc(Br)c1. The van der Waals surface area contributed by atoms with Gasteiger partial charge in [-0.1, -0.05) is 58.4 Å². The Bertz CT molecular complexity index is 1020. The number of benzene rings is 2. The Morgan fingerprint density at radius 3 is 2.68 bits per heavy atom. The summed E-state index contributed by atoms with van der Waals surface area (Å²) in [6.45, 7) is 0. The zero-order valence-electron chi connectivity index (χ0n) is 13.0. The molecule has 6 heteroatoms. The molecule has 25 heavy (non-hydrogen) atoms. The molecule has 1 aliphatic heterocycles. The van der Waals surface area contributed by atoms with Crippen LogP contribution in [-0.4, -0.2) is 10.2 Å². The van der Waals surface area contributed by atoms with Gasteiger partial charge in [0.05, 0.1) is 17.2 Å². The van der Waals surface area contributed by atoms with E-state index in [9.17, 15) is 5.26 Å². The highest BCUT2D eigenvalue weighted by Gasteiger charge is 2.35. The van der Waals surface area contributed by atoms with Crippen LogP contribution >= 0.6 is 15.9 Å². The number of hydrogen-bond acceptors (Lipinski definition) is 4. The monoisotopic (exact) mass is 392 g/mol. The maximum Gasteiger partial charge on any atom is 0.244 e. The van der Waals surface area contributed by atoms with Crippen molar-refractivity contribution in [2.45, 2.75) is 5.92 Å². The Hall–Kier alpha value is -3.04. The molecule has 122 valence electrons. The highest BCUT2D eigenvalue weighted by Crippen LogP contribution is 2.45. The summed E-state index contributed by atoms with van der Waals surface area (Å²) >= 11 is 3.49. The molecule has 1 atom stereocenters. The number of halogens is 1. The predicted molar refractivity (Wildman–Crippen MR) is 97.5 cm³/mol. The normalized spacial score (nSPS) is 16.1. The minimum atomic E-state index is -0.347. The number of ether oxygens (including phenoxy) is 1. The zero-order valence-corrected chi connectivity index (χ0v) is 14.6. The van der Waals surface area contributed by atoms with Crippen molar-refractivity contribution in [2.24, 2.45) is 5.73 Å². The smallest absolute Gasteiger partial charge is 0.244 e. The van der Waals surface area contributed by atoms with Crippen molar-refractivity contribution < 1.29 is 4.74 Å². The first kappa shape index (κ1) is 15.5. The predicted octanol–water partition coefficient (Wildman–Crippen LogP) is 4.06. The molecule has 0 saturated carbocycles. The number of nitrogens with two attached hydrogens (primary N) is 1. The molecule has 3 N–H and O–H groups in total. The molecule has 0 aliphatic carbocycles. The van der Waals surface area contributed by atoms with Gasteiger partial charge in [0.1, 0.15) is 11.6 Å². The summed E-state index contributed by atoms with van der Waals surface area (Å²) < 4.78 is 6.53. The van der Waals surface area contributed by atoms with Gasteiger partial charge in [0.15, 0.2) is 0 Å². The van der Waals surface area contributed by atoms with Crippen molar-refractivity contribution in [1.29, 1.82) is 5.26 Å². The Kier molecular flexibility index (Phi) is 3.79. The molecule has 3 aromatic rings. The van der Waals surface area contributed by atoms with Crippen LogP contribution in [-0.2, 0) is 0 Å². The number of hydrogen-bond donors (Lipinski definition) is 2. The molecule has 5 nitrogen and oxygen atoms in total. The second-order valence-electron chi connectivity index (χ2n) is 5.66. The van der Waals surface area contributed by atoms with Crippen LogP contribution in [0.5, 0.6) is 5.88 Å². The molecule has 4 rings (SSSR count). The van der Waals surface area contributed by atoms with E-state index in [0.717, 1.165) is 26.9 Å². The van der Waals surface area contributed by atoms with Crippen LogP contribution in [0.4, 0.5) is 0 Å². The molecule has 0 bridgehead atoms. The van der Waals surface area contributed by atoms with Gasteiger partial charge in [-0.15, -0.1) is 5.10 Å². The molecule has 0 unspecified atom stereocenters. The summed E-state index contributed by atoms with van der Waals surface area (Å²) in [7, 11) is 0. The van der Waals surface area contributed by atoms with E-state index in [1.807, 2.05) is 54.6 Å². The zero-order chi connectivity index (χ0) is 17.4. The average molecular weight is 393 g/mol. The molecule has 0 saturated heterocycles. The lowest BCUT2D eigenvalue weighted by Gasteiger charge is -2.24. The summed E-state index contributed by atoms with van der Waals surface area (Å²) in [4.78, 5) is 0. The van der Waals surface area contributed by atoms with Crippen LogP contribution < -0.4 is 10.5 Å². The fraction of sp³-hybridized carbons (Fsp3) is 0.0526. The number of nitrogens with zero attached hydrogens (tertiary/aromatic N) is 2. The van der Waals surface area contributed by atoms with Crippen molar-refractivity contribution in [3.63, 3.8) is 0 Å². The van der Waals surface area contributed by atoms with Crippen LogP contribution in [0.15, 0.2) is 70.5 Å². The average Bonchev–Trinajstić information content (AvgIpc) is 3.04. The second-order valence-corrected chi connectivity index (χ2v) is 6.58. The minimum absolute atomic E-state index is 0.0890. The fourth-order valence-electron chi connectivity index (χ4n) is 3.09. The van der Waals surface area contributed by atoms with Gasteiger partial charge < -0.3 is 10.5 Å². The highest BCUT2D eigenvalue weighted by atomic mass is 79.9. The van der Waals surface area contributed by atoms with E-state index in [0.29, 0.717) is 11.5 Å². The fourth-order valence-corrected chi connectivity index (χ4v) is 3.51. The molecular weight excluding hydrogens is 380 g/mol. The van der Waals surface area contributed by atoms with Crippen molar-refractivity contribution in [3.05, 3.63) is 81.7 Å². The number of fused-ring (bicyclic) bond motifs is 1. The summed E-state index contributed by atoms with van der Waals surface area (Å²) in [6.07, 6.45) is 0. The van der Waals surface area contributed by atoms with Crippen LogP contribution in [0.2, 0.25) is 0 Å². The Morgan fingerprint density at radius 2 is 1.96 bits per heavy atom. The molecular formula is C19H13BrN4O. The van der Waals surface area contributed by atoms with Gasteiger partial charge in [0, 0.05) is 4.47 Å². The van der Waals surface area contributed by atoms with Crippen LogP contribution in [0.1, 0.15) is 17.0 Å². The van der Waals surface area contributed by atoms with Gasteiger partial charge in [-0.3, -0.25) is 5.10 Å². The van der Waals surface area contributed by atoms with E-state index >= 15 is 0 Å². The van der Waals surface area contributed by atoms with Crippen LogP contribution in [0.3, 0.4) is 0 Å². The van der Waals surface area contributed by atoms with Crippen molar-refractivity contribution >= 4 is 15.9 Å². The number of rotatable bonds is 2. The van der Waals surface area contributed by atoms with Gasteiger partial charge in [-0.05, 0) is 23.3 Å². The van der Waals surface area contributed by atoms with E-state index in [2.05, 4.69) is 32.2 Å². The molecule has 1 aromatic heterocycles. The lowest BCUT2D eigenvalue weighted by atomic mass is 9.83. The van der Waals surface area contributed by atoms with Crippen LogP contribution in [0.25, 0.3) is 11.3 Å². The van der Waals surface area contributed by atoms with E-state index in [1.165, 1.54) is 0 Å². The third-order valence-corrected chi connectivity index (χ3v) is 4.68. The Balaban J connectivity index is 1.97. The highest BCUT2D eigenvalue weighted by molar-refractivity contribution is 9.10. The summed E-state index contributed by atoms with van der Waals surface area (Å²) in [5.41, 5.74) is 9.91. The Labute approximate surface area is 152 Å². The lowest BCUT2D eigenvalue weighted by molar-refractivity contribution is 0.379. The van der Waals surface area contributed by atoms with Gasteiger partial charge in [-0.2, -0.15) is 5.26 Å². The molecule has 0 spiro atoms. The second kappa shape index (κ2) is 6.11. The topological polar surface area (TPSA) is 87.7 Å². The summed E-state index contributed by atoms with van der Waals surface area (Å²) in [6, 6.07) is 19.9. The third kappa shape index (κ3) is 2.59. The maximum atomic E-state index is 9.68. The van der Waals surface area contributed by atoms with Crippen LogP contribution in [0, 0.1) is 11.3 Å². The number of H-pyrrole nitrogens is 1. The third-order valence-electron chi connectivity index (χ3n) is 4.18. The van der Waals surface area contributed by atoms with Crippen molar-refractivity contribution in [3.8, 4) is 23.2 Å². The van der Waals surface area contributed by atoms with Gasteiger partial charge in [-0.25, -0.2) is 0 Å². The van der Waals surface area contributed by atoms with Crippen molar-refractivity contribution in [2.75, 3.05) is 0 Å². The summed E-state index contributed by atoms with van der Waals surface area (Å²) in [5.74, 6) is 0.145. The van der Waals surface area contributed by atoms with E-state index in [1.54, 1.807) is 0 Å². The molecule has 2 aromatic carbocycles. The van der Waals surface area contributed by atoms with Gasteiger partial charge in [0.2, 0.25) is 11.8 Å². The quantitative estimate of drug-likeness (QED) is 0.688.